The van der Waals surface area contributed by atoms with Crippen LogP contribution in [-0.4, -0.2) is 34.0 Å². The molecule has 6 nitrogen and oxygen atoms in total. The van der Waals surface area contributed by atoms with E-state index in [4.69, 9.17) is 5.73 Å². The molecule has 6 heteroatoms. The van der Waals surface area contributed by atoms with Gasteiger partial charge >= 0.3 is 0 Å². The van der Waals surface area contributed by atoms with Crippen LogP contribution >= 0.6 is 0 Å². The number of rotatable bonds is 6. The van der Waals surface area contributed by atoms with E-state index in [9.17, 15) is 4.79 Å². The van der Waals surface area contributed by atoms with Crippen molar-refractivity contribution in [2.24, 2.45) is 5.73 Å². The van der Waals surface area contributed by atoms with Gasteiger partial charge in [0.25, 0.3) is 5.91 Å². The summed E-state index contributed by atoms with van der Waals surface area (Å²) in [6.07, 6.45) is 2.41. The minimum Gasteiger partial charge on any atom is -0.350 e. The van der Waals surface area contributed by atoms with E-state index in [0.717, 1.165) is 6.42 Å². The summed E-state index contributed by atoms with van der Waals surface area (Å²) in [6.45, 7) is 3.67. The van der Waals surface area contributed by atoms with Crippen LogP contribution in [0.25, 0.3) is 0 Å². The maximum Gasteiger partial charge on any atom is 0.273 e. The van der Waals surface area contributed by atoms with Gasteiger partial charge < -0.3 is 11.1 Å². The third kappa shape index (κ3) is 3.64. The van der Waals surface area contributed by atoms with E-state index in [1.807, 2.05) is 12.1 Å². The van der Waals surface area contributed by atoms with Crippen LogP contribution in [0.1, 0.15) is 21.6 Å². The molecular weight excluding hydrogens is 254 g/mol. The lowest BCUT2D eigenvalue weighted by molar-refractivity contribution is 0.0949. The lowest BCUT2D eigenvalue weighted by atomic mass is 10.1. The predicted molar refractivity (Wildman–Crippen MR) is 76.3 cm³/mol. The number of nitrogens with one attached hydrogen (secondary N) is 1. The highest BCUT2D eigenvalue weighted by atomic mass is 16.2. The molecule has 0 bridgehead atoms. The first kappa shape index (κ1) is 14.2. The first-order valence-corrected chi connectivity index (χ1v) is 6.63. The summed E-state index contributed by atoms with van der Waals surface area (Å²) in [6, 6.07) is 8.14. The number of carbonyl (C=O) groups excluding carboxylic acids is 1. The van der Waals surface area contributed by atoms with Crippen molar-refractivity contribution >= 4 is 5.91 Å². The van der Waals surface area contributed by atoms with Gasteiger partial charge in [-0.2, -0.15) is 0 Å². The number of amides is 1. The van der Waals surface area contributed by atoms with Gasteiger partial charge in [0.15, 0.2) is 5.69 Å². The molecule has 3 N–H and O–H groups in total. The van der Waals surface area contributed by atoms with Gasteiger partial charge in [-0.1, -0.05) is 29.5 Å². The Hall–Kier alpha value is -2.21. The summed E-state index contributed by atoms with van der Waals surface area (Å²) in [4.78, 5) is 11.9. The number of hydrogen-bond donors (Lipinski definition) is 2. The standard InChI is InChI=1S/C14H19N5O/c1-11-4-2-3-5-12(11)6-8-16-14(20)13-10-19(9-7-15)18-17-13/h2-5,10H,6-9,15H2,1H3,(H,16,20). The van der Waals surface area contributed by atoms with Gasteiger partial charge in [-0.05, 0) is 24.5 Å². The fourth-order valence-electron chi connectivity index (χ4n) is 1.94. The van der Waals surface area contributed by atoms with Crippen molar-refractivity contribution < 1.29 is 4.79 Å². The Balaban J connectivity index is 1.84. The van der Waals surface area contributed by atoms with Crippen molar-refractivity contribution in [2.45, 2.75) is 19.9 Å². The highest BCUT2D eigenvalue weighted by molar-refractivity contribution is 5.91. The second-order valence-corrected chi connectivity index (χ2v) is 4.59. The maximum absolute atomic E-state index is 11.9. The van der Waals surface area contributed by atoms with Gasteiger partial charge in [0.1, 0.15) is 0 Å². The zero-order valence-electron chi connectivity index (χ0n) is 11.5. The van der Waals surface area contributed by atoms with Crippen LogP contribution in [0, 0.1) is 6.92 Å². The zero-order valence-corrected chi connectivity index (χ0v) is 11.5. The Morgan fingerprint density at radius 1 is 1.40 bits per heavy atom. The Morgan fingerprint density at radius 3 is 2.95 bits per heavy atom. The molecule has 0 radical (unpaired) electrons. The van der Waals surface area contributed by atoms with Crippen LogP contribution in [0.5, 0.6) is 0 Å². The first-order valence-electron chi connectivity index (χ1n) is 6.63. The van der Waals surface area contributed by atoms with E-state index in [2.05, 4.69) is 34.7 Å². The summed E-state index contributed by atoms with van der Waals surface area (Å²) in [5, 5.41) is 10.5. The van der Waals surface area contributed by atoms with Crippen molar-refractivity contribution in [3.8, 4) is 0 Å². The van der Waals surface area contributed by atoms with Gasteiger partial charge in [-0.25, -0.2) is 0 Å². The summed E-state index contributed by atoms with van der Waals surface area (Å²) < 4.78 is 1.57. The summed E-state index contributed by atoms with van der Waals surface area (Å²) in [7, 11) is 0. The number of carbonyl (C=O) groups is 1. The highest BCUT2D eigenvalue weighted by Gasteiger charge is 2.09. The molecule has 2 aromatic rings. The van der Waals surface area contributed by atoms with Crippen molar-refractivity contribution in [3.63, 3.8) is 0 Å². The Morgan fingerprint density at radius 2 is 2.20 bits per heavy atom. The topological polar surface area (TPSA) is 85.8 Å². The Kier molecular flexibility index (Phi) is 4.84. The summed E-state index contributed by atoms with van der Waals surface area (Å²) >= 11 is 0. The largest absolute Gasteiger partial charge is 0.350 e. The molecule has 1 aromatic carbocycles. The molecule has 0 fully saturated rings. The number of nitrogens with two attached hydrogens (primary N) is 1. The lowest BCUT2D eigenvalue weighted by Gasteiger charge is -2.06. The molecule has 0 spiro atoms. The molecule has 2 rings (SSSR count). The lowest BCUT2D eigenvalue weighted by Crippen LogP contribution is -2.26. The SMILES string of the molecule is Cc1ccccc1CCNC(=O)c1cn(CCN)nn1. The first-order chi connectivity index (χ1) is 9.70. The molecule has 0 atom stereocenters. The van der Waals surface area contributed by atoms with Crippen LogP contribution in [0.2, 0.25) is 0 Å². The predicted octanol–water partition coefficient (Wildman–Crippen LogP) is 0.518. The molecule has 106 valence electrons. The van der Waals surface area contributed by atoms with E-state index in [1.165, 1.54) is 11.1 Å². The van der Waals surface area contributed by atoms with Crippen LogP contribution in [-0.2, 0) is 13.0 Å². The molecule has 20 heavy (non-hydrogen) atoms. The zero-order chi connectivity index (χ0) is 14.4. The summed E-state index contributed by atoms with van der Waals surface area (Å²) in [5.41, 5.74) is 8.21. The average molecular weight is 273 g/mol. The molecule has 0 saturated heterocycles. The van der Waals surface area contributed by atoms with Gasteiger partial charge in [0.05, 0.1) is 12.7 Å². The van der Waals surface area contributed by atoms with E-state index < -0.39 is 0 Å². The van der Waals surface area contributed by atoms with Crippen LogP contribution < -0.4 is 11.1 Å². The minimum atomic E-state index is -0.207. The number of hydrogen-bond acceptors (Lipinski definition) is 4. The molecule has 1 amide bonds. The molecular formula is C14H19N5O. The van der Waals surface area contributed by atoms with Gasteiger partial charge in [0, 0.05) is 13.1 Å². The Bertz CT molecular complexity index is 578. The van der Waals surface area contributed by atoms with E-state index in [-0.39, 0.29) is 5.91 Å². The van der Waals surface area contributed by atoms with Crippen molar-refractivity contribution in [2.75, 3.05) is 13.1 Å². The molecule has 0 aliphatic carbocycles. The second-order valence-electron chi connectivity index (χ2n) is 4.59. The van der Waals surface area contributed by atoms with E-state index in [0.29, 0.717) is 25.3 Å². The van der Waals surface area contributed by atoms with Crippen molar-refractivity contribution in [3.05, 3.63) is 47.3 Å². The molecule has 0 aliphatic heterocycles. The molecule has 0 aliphatic rings. The minimum absolute atomic E-state index is 0.207. The normalized spacial score (nSPS) is 10.5. The smallest absolute Gasteiger partial charge is 0.273 e. The van der Waals surface area contributed by atoms with Crippen LogP contribution in [0.4, 0.5) is 0 Å². The van der Waals surface area contributed by atoms with Gasteiger partial charge in [0.2, 0.25) is 0 Å². The summed E-state index contributed by atoms with van der Waals surface area (Å²) in [5.74, 6) is -0.207. The number of aromatic nitrogens is 3. The number of aryl methyl sites for hydroxylation is 1. The average Bonchev–Trinajstić information content (AvgIpc) is 2.90. The third-order valence-corrected chi connectivity index (χ3v) is 3.07. The fraction of sp³-hybridized carbons (Fsp3) is 0.357. The van der Waals surface area contributed by atoms with Crippen molar-refractivity contribution in [1.82, 2.24) is 20.3 Å². The van der Waals surface area contributed by atoms with Crippen LogP contribution in [0.15, 0.2) is 30.5 Å². The number of nitrogens with zero attached hydrogens (tertiary/aromatic N) is 3. The van der Waals surface area contributed by atoms with E-state index in [1.54, 1.807) is 10.9 Å². The molecule has 0 unspecified atom stereocenters. The van der Waals surface area contributed by atoms with E-state index >= 15 is 0 Å². The maximum atomic E-state index is 11.9. The monoisotopic (exact) mass is 273 g/mol. The quantitative estimate of drug-likeness (QED) is 0.803. The molecule has 0 saturated carbocycles. The Labute approximate surface area is 118 Å². The number of benzene rings is 1. The van der Waals surface area contributed by atoms with Gasteiger partial charge in [-0.3, -0.25) is 9.48 Å². The highest BCUT2D eigenvalue weighted by Crippen LogP contribution is 2.06. The van der Waals surface area contributed by atoms with Crippen molar-refractivity contribution in [1.29, 1.82) is 0 Å². The second kappa shape index (κ2) is 6.81. The van der Waals surface area contributed by atoms with Gasteiger partial charge in [-0.15, -0.1) is 5.10 Å². The fourth-order valence-corrected chi connectivity index (χ4v) is 1.94. The third-order valence-electron chi connectivity index (χ3n) is 3.07. The molecule has 1 heterocycles. The van der Waals surface area contributed by atoms with Crippen LogP contribution in [0.3, 0.4) is 0 Å². The molecule has 1 aromatic heterocycles.